The van der Waals surface area contributed by atoms with E-state index in [1.807, 2.05) is 17.5 Å². The van der Waals surface area contributed by atoms with Crippen LogP contribution in [0, 0.1) is 0 Å². The first kappa shape index (κ1) is 12.0. The van der Waals surface area contributed by atoms with Crippen LogP contribution in [0.3, 0.4) is 0 Å². The van der Waals surface area contributed by atoms with Gasteiger partial charge in [-0.3, -0.25) is 4.79 Å². The van der Waals surface area contributed by atoms with Gasteiger partial charge in [0.2, 0.25) is 0 Å². The highest BCUT2D eigenvalue weighted by Crippen LogP contribution is 2.16. The van der Waals surface area contributed by atoms with E-state index in [2.05, 4.69) is 5.32 Å². The molecule has 5 heteroatoms. The fourth-order valence-corrected chi connectivity index (χ4v) is 2.31. The fraction of sp³-hybridized carbons (Fsp3) is 0.0833. The third kappa shape index (κ3) is 3.22. The molecule has 17 heavy (non-hydrogen) atoms. The molecule has 1 heterocycles. The second-order valence-corrected chi connectivity index (χ2v) is 5.00. The highest BCUT2D eigenvalue weighted by Gasteiger charge is 2.07. The lowest BCUT2D eigenvalue weighted by Gasteiger charge is -2.05. The van der Waals surface area contributed by atoms with Crippen molar-refractivity contribution in [3.63, 3.8) is 0 Å². The number of benzene rings is 1. The van der Waals surface area contributed by atoms with Crippen LogP contribution >= 0.6 is 22.9 Å². The summed E-state index contributed by atoms with van der Waals surface area (Å²) in [6.07, 6.45) is 0. The van der Waals surface area contributed by atoms with Crippen LogP contribution in [0.5, 0.6) is 0 Å². The molecule has 0 aliphatic rings. The number of carbonyl (C=O) groups is 1. The molecule has 0 bridgehead atoms. The van der Waals surface area contributed by atoms with Gasteiger partial charge in [0.25, 0.3) is 5.91 Å². The average molecular weight is 267 g/mol. The first-order chi connectivity index (χ1) is 8.15. The Labute approximate surface area is 108 Å². The third-order valence-corrected chi connectivity index (χ3v) is 3.28. The Hall–Kier alpha value is -1.52. The summed E-state index contributed by atoms with van der Waals surface area (Å²) in [5, 5.41) is 5.25. The van der Waals surface area contributed by atoms with Crippen molar-refractivity contribution in [1.29, 1.82) is 0 Å². The maximum Gasteiger partial charge on any atom is 0.251 e. The van der Waals surface area contributed by atoms with E-state index in [-0.39, 0.29) is 5.91 Å². The largest absolute Gasteiger partial charge is 0.399 e. The zero-order valence-electron chi connectivity index (χ0n) is 8.94. The Bertz CT molecular complexity index is 505. The van der Waals surface area contributed by atoms with Gasteiger partial charge in [0.05, 0.1) is 6.54 Å². The number of amides is 1. The number of carbonyl (C=O) groups excluding carboxylic acids is 1. The van der Waals surface area contributed by atoms with E-state index >= 15 is 0 Å². The van der Waals surface area contributed by atoms with Crippen molar-refractivity contribution in [3.8, 4) is 0 Å². The molecular weight excluding hydrogens is 256 g/mol. The van der Waals surface area contributed by atoms with Crippen molar-refractivity contribution in [1.82, 2.24) is 5.32 Å². The van der Waals surface area contributed by atoms with Crippen LogP contribution in [-0.2, 0) is 6.54 Å². The summed E-state index contributed by atoms with van der Waals surface area (Å²) in [4.78, 5) is 12.9. The molecule has 3 N–H and O–H groups in total. The lowest BCUT2D eigenvalue weighted by Crippen LogP contribution is -2.22. The van der Waals surface area contributed by atoms with E-state index in [0.717, 1.165) is 4.88 Å². The Morgan fingerprint density at radius 2 is 2.24 bits per heavy atom. The van der Waals surface area contributed by atoms with Crippen molar-refractivity contribution < 1.29 is 4.79 Å². The third-order valence-electron chi connectivity index (χ3n) is 2.19. The lowest BCUT2D eigenvalue weighted by molar-refractivity contribution is 0.0951. The Morgan fingerprint density at radius 1 is 1.41 bits per heavy atom. The molecule has 0 aliphatic heterocycles. The van der Waals surface area contributed by atoms with Crippen molar-refractivity contribution in [2.45, 2.75) is 6.54 Å². The van der Waals surface area contributed by atoms with Crippen LogP contribution in [0.1, 0.15) is 15.2 Å². The minimum Gasteiger partial charge on any atom is -0.399 e. The van der Waals surface area contributed by atoms with E-state index in [4.69, 9.17) is 17.3 Å². The molecule has 0 atom stereocenters. The summed E-state index contributed by atoms with van der Waals surface area (Å²) < 4.78 is 0. The molecular formula is C12H11ClN2OS. The van der Waals surface area contributed by atoms with Gasteiger partial charge in [-0.1, -0.05) is 17.7 Å². The Kier molecular flexibility index (Phi) is 3.66. The highest BCUT2D eigenvalue weighted by atomic mass is 35.5. The van der Waals surface area contributed by atoms with Crippen molar-refractivity contribution in [2.75, 3.05) is 5.73 Å². The number of rotatable bonds is 3. The molecule has 0 saturated carbocycles. The number of anilines is 1. The number of halogens is 1. The number of hydrogen-bond acceptors (Lipinski definition) is 3. The minimum absolute atomic E-state index is 0.174. The van der Waals surface area contributed by atoms with E-state index < -0.39 is 0 Å². The van der Waals surface area contributed by atoms with Gasteiger partial charge in [0, 0.05) is 21.2 Å². The fourth-order valence-electron chi connectivity index (χ4n) is 1.43. The van der Waals surface area contributed by atoms with Crippen LogP contribution in [-0.4, -0.2) is 5.91 Å². The second kappa shape index (κ2) is 5.21. The molecule has 1 aromatic heterocycles. The summed E-state index contributed by atoms with van der Waals surface area (Å²) in [5.74, 6) is -0.174. The van der Waals surface area contributed by atoms with E-state index in [9.17, 15) is 4.79 Å². The smallest absolute Gasteiger partial charge is 0.251 e. The van der Waals surface area contributed by atoms with Crippen molar-refractivity contribution >= 4 is 34.5 Å². The number of nitrogens with two attached hydrogens (primary N) is 1. The van der Waals surface area contributed by atoms with E-state index in [1.165, 1.54) is 0 Å². The molecule has 0 unspecified atom stereocenters. The average Bonchev–Trinajstić information content (AvgIpc) is 2.77. The van der Waals surface area contributed by atoms with Crippen LogP contribution in [0.4, 0.5) is 5.69 Å². The molecule has 1 amide bonds. The first-order valence-electron chi connectivity index (χ1n) is 5.02. The summed E-state index contributed by atoms with van der Waals surface area (Å²) in [5.41, 5.74) is 6.59. The highest BCUT2D eigenvalue weighted by molar-refractivity contribution is 7.09. The maximum absolute atomic E-state index is 11.8. The van der Waals surface area contributed by atoms with Crippen molar-refractivity contribution in [3.05, 3.63) is 51.2 Å². The number of nitrogen functional groups attached to an aromatic ring is 1. The van der Waals surface area contributed by atoms with Gasteiger partial charge in [-0.2, -0.15) is 0 Å². The molecule has 0 fully saturated rings. The summed E-state index contributed by atoms with van der Waals surface area (Å²) in [6, 6.07) is 8.73. The summed E-state index contributed by atoms with van der Waals surface area (Å²) in [6.45, 7) is 0.517. The minimum atomic E-state index is -0.174. The predicted octanol–water partition coefficient (Wildman–Crippen LogP) is 2.91. The van der Waals surface area contributed by atoms with Gasteiger partial charge in [0.1, 0.15) is 0 Å². The first-order valence-corrected chi connectivity index (χ1v) is 6.27. The van der Waals surface area contributed by atoms with Gasteiger partial charge in [-0.25, -0.2) is 0 Å². The number of hydrogen-bond donors (Lipinski definition) is 2. The van der Waals surface area contributed by atoms with Crippen molar-refractivity contribution in [2.24, 2.45) is 0 Å². The molecule has 1 aromatic carbocycles. The van der Waals surface area contributed by atoms with Gasteiger partial charge in [-0.15, -0.1) is 11.3 Å². The quantitative estimate of drug-likeness (QED) is 0.840. The standard InChI is InChI=1S/C12H11ClN2OS/c13-9-4-8(5-10(14)6-9)12(16)15-7-11-2-1-3-17-11/h1-6H,7,14H2,(H,15,16). The van der Waals surface area contributed by atoms with E-state index in [1.54, 1.807) is 29.5 Å². The number of thiophene rings is 1. The molecule has 3 nitrogen and oxygen atoms in total. The summed E-state index contributed by atoms with van der Waals surface area (Å²) >= 11 is 7.44. The van der Waals surface area contributed by atoms with Crippen LogP contribution < -0.4 is 11.1 Å². The van der Waals surface area contributed by atoms with Gasteiger partial charge >= 0.3 is 0 Å². The Balaban J connectivity index is 2.04. The topological polar surface area (TPSA) is 55.1 Å². The SMILES string of the molecule is Nc1cc(Cl)cc(C(=O)NCc2cccs2)c1. The van der Waals surface area contributed by atoms with Crippen LogP contribution in [0.2, 0.25) is 5.02 Å². The Morgan fingerprint density at radius 3 is 2.88 bits per heavy atom. The van der Waals surface area contributed by atoms with Gasteiger partial charge < -0.3 is 11.1 Å². The second-order valence-electron chi connectivity index (χ2n) is 3.54. The normalized spacial score (nSPS) is 10.2. The molecule has 2 rings (SSSR count). The summed E-state index contributed by atoms with van der Waals surface area (Å²) in [7, 11) is 0. The molecule has 0 saturated heterocycles. The number of nitrogens with one attached hydrogen (secondary N) is 1. The van der Waals surface area contributed by atoms with Crippen LogP contribution in [0.25, 0.3) is 0 Å². The molecule has 88 valence electrons. The van der Waals surface area contributed by atoms with Gasteiger partial charge in [0.15, 0.2) is 0 Å². The predicted molar refractivity (Wildman–Crippen MR) is 71.4 cm³/mol. The van der Waals surface area contributed by atoms with E-state index in [0.29, 0.717) is 22.8 Å². The molecule has 0 radical (unpaired) electrons. The van der Waals surface area contributed by atoms with Crippen LogP contribution in [0.15, 0.2) is 35.7 Å². The van der Waals surface area contributed by atoms with Gasteiger partial charge in [-0.05, 0) is 29.6 Å². The zero-order valence-corrected chi connectivity index (χ0v) is 10.5. The molecule has 0 spiro atoms. The lowest BCUT2D eigenvalue weighted by atomic mass is 10.2. The zero-order chi connectivity index (χ0) is 12.3. The molecule has 2 aromatic rings. The monoisotopic (exact) mass is 266 g/mol. The maximum atomic E-state index is 11.8. The molecule has 0 aliphatic carbocycles.